The lowest BCUT2D eigenvalue weighted by molar-refractivity contribution is -0.216. The summed E-state index contributed by atoms with van der Waals surface area (Å²) in [5.41, 5.74) is -0.117. The first-order valence-corrected chi connectivity index (χ1v) is 6.17. The van der Waals surface area contributed by atoms with Crippen molar-refractivity contribution in [1.29, 1.82) is 0 Å². The number of aromatic nitrogens is 2. The third kappa shape index (κ3) is 2.22. The molecule has 0 bridgehead atoms. The molecule has 0 atom stereocenters. The van der Waals surface area contributed by atoms with Crippen molar-refractivity contribution in [2.45, 2.75) is 51.2 Å². The van der Waals surface area contributed by atoms with Gasteiger partial charge in [0.05, 0.1) is 5.69 Å². The summed E-state index contributed by atoms with van der Waals surface area (Å²) >= 11 is 0. The Balaban J connectivity index is 2.02. The number of amides is 1. The molecule has 1 aliphatic rings. The van der Waals surface area contributed by atoms with E-state index >= 15 is 0 Å². The smallest absolute Gasteiger partial charge is 0.352 e. The van der Waals surface area contributed by atoms with Crippen LogP contribution in [0, 0.1) is 13.8 Å². The summed E-state index contributed by atoms with van der Waals surface area (Å²) in [6.45, 7) is 3.44. The fourth-order valence-corrected chi connectivity index (χ4v) is 2.15. The van der Waals surface area contributed by atoms with Gasteiger partial charge in [-0.3, -0.25) is 9.89 Å². The molecule has 1 aliphatic carbocycles. The van der Waals surface area contributed by atoms with Crippen molar-refractivity contribution < 1.29 is 18.7 Å². The number of carbonyl (C=O) groups is 1. The lowest BCUT2D eigenvalue weighted by Crippen LogP contribution is -2.60. The summed E-state index contributed by atoms with van der Waals surface area (Å²) in [4.78, 5) is 11.6. The summed E-state index contributed by atoms with van der Waals surface area (Å²) in [6, 6.07) is 0. The van der Waals surface area contributed by atoms with E-state index in [9.17, 15) is 18.7 Å². The van der Waals surface area contributed by atoms with Gasteiger partial charge in [0, 0.05) is 17.8 Å². The maximum Gasteiger partial charge on any atom is 0.352 e. The molecule has 1 aromatic heterocycles. The number of aryl methyl sites for hydroxylation is 2. The number of aliphatic hydroxyl groups is 1. The highest BCUT2D eigenvalue weighted by atomic mass is 19.3. The van der Waals surface area contributed by atoms with Gasteiger partial charge in [0.1, 0.15) is 5.60 Å². The second kappa shape index (κ2) is 4.56. The molecule has 1 heterocycles. The van der Waals surface area contributed by atoms with Gasteiger partial charge in [-0.05, 0) is 33.1 Å². The third-order valence-corrected chi connectivity index (χ3v) is 3.76. The maximum absolute atomic E-state index is 13.8. The minimum atomic E-state index is -3.75. The van der Waals surface area contributed by atoms with Crippen LogP contribution in [0.3, 0.4) is 0 Å². The standard InChI is InChI=1S/C12H17F2N3O2/c1-7-9(8(2)17-16-7)6-15-10(18)12(13,14)11(19)4-3-5-11/h19H,3-6H2,1-2H3,(H,15,18)(H,16,17). The lowest BCUT2D eigenvalue weighted by atomic mass is 9.75. The first-order valence-electron chi connectivity index (χ1n) is 6.17. The van der Waals surface area contributed by atoms with E-state index < -0.39 is 17.4 Å². The molecule has 7 heteroatoms. The van der Waals surface area contributed by atoms with Crippen molar-refractivity contribution in [3.63, 3.8) is 0 Å². The van der Waals surface area contributed by atoms with Crippen molar-refractivity contribution in [2.24, 2.45) is 0 Å². The van der Waals surface area contributed by atoms with Crippen LogP contribution in [-0.4, -0.2) is 32.7 Å². The number of alkyl halides is 2. The number of hydrogen-bond acceptors (Lipinski definition) is 3. The third-order valence-electron chi connectivity index (χ3n) is 3.76. The summed E-state index contributed by atoms with van der Waals surface area (Å²) in [5, 5.41) is 18.5. The molecule has 0 saturated heterocycles. The Hall–Kier alpha value is -1.50. The summed E-state index contributed by atoms with van der Waals surface area (Å²) in [6.07, 6.45) is 0.424. The van der Waals surface area contributed by atoms with Gasteiger partial charge in [-0.25, -0.2) is 0 Å². The molecular formula is C12H17F2N3O2. The van der Waals surface area contributed by atoms with E-state index in [1.807, 2.05) is 0 Å². The van der Waals surface area contributed by atoms with E-state index in [0.29, 0.717) is 17.7 Å². The molecule has 0 unspecified atom stereocenters. The van der Waals surface area contributed by atoms with Crippen LogP contribution in [0.15, 0.2) is 0 Å². The van der Waals surface area contributed by atoms with Gasteiger partial charge in [-0.15, -0.1) is 0 Å². The highest BCUT2D eigenvalue weighted by molar-refractivity contribution is 5.85. The van der Waals surface area contributed by atoms with Crippen LogP contribution >= 0.6 is 0 Å². The molecule has 19 heavy (non-hydrogen) atoms. The Morgan fingerprint density at radius 1 is 1.53 bits per heavy atom. The minimum Gasteiger partial charge on any atom is -0.383 e. The van der Waals surface area contributed by atoms with Gasteiger partial charge < -0.3 is 10.4 Å². The number of hydrogen-bond donors (Lipinski definition) is 3. The van der Waals surface area contributed by atoms with E-state index in [2.05, 4.69) is 15.5 Å². The van der Waals surface area contributed by atoms with Crippen LogP contribution in [0.1, 0.15) is 36.2 Å². The quantitative estimate of drug-likeness (QED) is 0.771. The van der Waals surface area contributed by atoms with Crippen molar-refractivity contribution in [3.8, 4) is 0 Å². The number of nitrogens with one attached hydrogen (secondary N) is 2. The zero-order valence-electron chi connectivity index (χ0n) is 10.9. The fraction of sp³-hybridized carbons (Fsp3) is 0.667. The maximum atomic E-state index is 13.8. The summed E-state index contributed by atoms with van der Waals surface area (Å²) < 4.78 is 27.6. The predicted octanol–water partition coefficient (Wildman–Crippen LogP) is 1.19. The number of aromatic amines is 1. The van der Waals surface area contributed by atoms with Gasteiger partial charge in [-0.2, -0.15) is 13.9 Å². The molecule has 0 aromatic carbocycles. The molecule has 0 spiro atoms. The molecule has 1 saturated carbocycles. The zero-order valence-corrected chi connectivity index (χ0v) is 10.9. The van der Waals surface area contributed by atoms with E-state index in [-0.39, 0.29) is 19.4 Å². The van der Waals surface area contributed by atoms with Gasteiger partial charge in [-0.1, -0.05) is 0 Å². The number of carbonyl (C=O) groups excluding carboxylic acids is 1. The molecule has 1 fully saturated rings. The molecule has 3 N–H and O–H groups in total. The molecule has 0 aliphatic heterocycles. The lowest BCUT2D eigenvalue weighted by Gasteiger charge is -2.41. The van der Waals surface area contributed by atoms with Crippen LogP contribution in [0.25, 0.3) is 0 Å². The largest absolute Gasteiger partial charge is 0.383 e. The Kier molecular flexibility index (Phi) is 3.34. The zero-order chi connectivity index (χ0) is 14.3. The Bertz CT molecular complexity index is 476. The Labute approximate surface area is 109 Å². The van der Waals surface area contributed by atoms with Crippen LogP contribution in [0.5, 0.6) is 0 Å². The topological polar surface area (TPSA) is 78.0 Å². The Morgan fingerprint density at radius 2 is 2.16 bits per heavy atom. The van der Waals surface area contributed by atoms with Crippen LogP contribution < -0.4 is 5.32 Å². The molecule has 1 aromatic rings. The molecule has 2 rings (SSSR count). The van der Waals surface area contributed by atoms with E-state index in [1.165, 1.54) is 0 Å². The SMILES string of the molecule is Cc1n[nH]c(C)c1CNC(=O)C(F)(F)C1(O)CCC1. The van der Waals surface area contributed by atoms with Crippen molar-refractivity contribution >= 4 is 5.91 Å². The van der Waals surface area contributed by atoms with Crippen LogP contribution in [0.4, 0.5) is 8.78 Å². The van der Waals surface area contributed by atoms with Gasteiger partial charge in [0.25, 0.3) is 5.91 Å². The van der Waals surface area contributed by atoms with Crippen LogP contribution in [-0.2, 0) is 11.3 Å². The van der Waals surface area contributed by atoms with Gasteiger partial charge >= 0.3 is 5.92 Å². The second-order valence-corrected chi connectivity index (χ2v) is 5.05. The van der Waals surface area contributed by atoms with Crippen molar-refractivity contribution in [3.05, 3.63) is 17.0 Å². The number of nitrogens with zero attached hydrogens (tertiary/aromatic N) is 1. The van der Waals surface area contributed by atoms with E-state index in [4.69, 9.17) is 0 Å². The average Bonchev–Trinajstić information content (AvgIpc) is 2.62. The van der Waals surface area contributed by atoms with Gasteiger partial charge in [0.15, 0.2) is 0 Å². The van der Waals surface area contributed by atoms with E-state index in [1.54, 1.807) is 13.8 Å². The van der Waals surface area contributed by atoms with Gasteiger partial charge in [0.2, 0.25) is 0 Å². The minimum absolute atomic E-state index is 0.0291. The number of H-pyrrole nitrogens is 1. The highest BCUT2D eigenvalue weighted by Gasteiger charge is 2.61. The first kappa shape index (κ1) is 13.9. The average molecular weight is 273 g/mol. The highest BCUT2D eigenvalue weighted by Crippen LogP contribution is 2.44. The number of rotatable bonds is 4. The fourth-order valence-electron chi connectivity index (χ4n) is 2.15. The molecule has 106 valence electrons. The summed E-state index contributed by atoms with van der Waals surface area (Å²) in [5.74, 6) is -5.19. The molecule has 1 amide bonds. The first-order chi connectivity index (χ1) is 8.78. The number of halogens is 2. The normalized spacial score (nSPS) is 17.9. The molecule has 5 nitrogen and oxygen atoms in total. The van der Waals surface area contributed by atoms with Crippen molar-refractivity contribution in [2.75, 3.05) is 0 Å². The van der Waals surface area contributed by atoms with Crippen molar-refractivity contribution in [1.82, 2.24) is 15.5 Å². The molecule has 0 radical (unpaired) electrons. The van der Waals surface area contributed by atoms with E-state index in [0.717, 1.165) is 5.69 Å². The monoisotopic (exact) mass is 273 g/mol. The second-order valence-electron chi connectivity index (χ2n) is 5.05. The summed E-state index contributed by atoms with van der Waals surface area (Å²) in [7, 11) is 0. The Morgan fingerprint density at radius 3 is 2.58 bits per heavy atom. The molecular weight excluding hydrogens is 256 g/mol. The predicted molar refractivity (Wildman–Crippen MR) is 63.7 cm³/mol. The van der Waals surface area contributed by atoms with Crippen LogP contribution in [0.2, 0.25) is 0 Å².